The van der Waals surface area contributed by atoms with Gasteiger partial charge in [0.15, 0.2) is 0 Å². The standard InChI is InChI=1S/C15H19Cl2NO2/c16-12-5-4-10(14(17)9-12)6-7-18-13-3-1-2-11(8-13)15(19)20/h4-5,9,11,13,18H,1-3,6-8H2,(H,19,20). The second-order valence-corrected chi connectivity index (χ2v) is 6.18. The van der Waals surface area contributed by atoms with Crippen LogP contribution in [0.5, 0.6) is 0 Å². The van der Waals surface area contributed by atoms with Gasteiger partial charge in [0.2, 0.25) is 0 Å². The fourth-order valence-corrected chi connectivity index (χ4v) is 3.24. The monoisotopic (exact) mass is 315 g/mol. The van der Waals surface area contributed by atoms with E-state index in [2.05, 4.69) is 5.32 Å². The molecule has 5 heteroatoms. The lowest BCUT2D eigenvalue weighted by molar-refractivity contribution is -0.143. The van der Waals surface area contributed by atoms with Crippen LogP contribution in [0.25, 0.3) is 0 Å². The molecule has 0 amide bonds. The van der Waals surface area contributed by atoms with E-state index in [0.717, 1.165) is 44.2 Å². The number of carbonyl (C=O) groups is 1. The third-order valence-corrected chi connectivity index (χ3v) is 4.45. The van der Waals surface area contributed by atoms with Gasteiger partial charge in [-0.3, -0.25) is 4.79 Å². The van der Waals surface area contributed by atoms with Gasteiger partial charge in [-0.25, -0.2) is 0 Å². The van der Waals surface area contributed by atoms with Gasteiger partial charge in [0.1, 0.15) is 0 Å². The molecule has 2 atom stereocenters. The molecule has 2 rings (SSSR count). The Morgan fingerprint density at radius 3 is 2.85 bits per heavy atom. The maximum Gasteiger partial charge on any atom is 0.306 e. The first-order valence-electron chi connectivity index (χ1n) is 6.96. The normalized spacial score (nSPS) is 22.7. The molecule has 2 N–H and O–H groups in total. The molecule has 1 aliphatic rings. The molecule has 0 heterocycles. The van der Waals surface area contributed by atoms with Crippen molar-refractivity contribution in [1.29, 1.82) is 0 Å². The van der Waals surface area contributed by atoms with Crippen molar-refractivity contribution in [3.63, 3.8) is 0 Å². The summed E-state index contributed by atoms with van der Waals surface area (Å²) < 4.78 is 0. The molecule has 2 unspecified atom stereocenters. The summed E-state index contributed by atoms with van der Waals surface area (Å²) in [6, 6.07) is 5.83. The molecule has 0 spiro atoms. The van der Waals surface area contributed by atoms with E-state index in [4.69, 9.17) is 28.3 Å². The number of rotatable bonds is 5. The smallest absolute Gasteiger partial charge is 0.306 e. The topological polar surface area (TPSA) is 49.3 Å². The van der Waals surface area contributed by atoms with Crippen molar-refractivity contribution >= 4 is 29.2 Å². The summed E-state index contributed by atoms with van der Waals surface area (Å²) in [5.41, 5.74) is 1.06. The zero-order chi connectivity index (χ0) is 14.5. The second kappa shape index (κ2) is 7.30. The summed E-state index contributed by atoms with van der Waals surface area (Å²) in [4.78, 5) is 11.0. The van der Waals surface area contributed by atoms with E-state index in [9.17, 15) is 4.79 Å². The van der Waals surface area contributed by atoms with Crippen LogP contribution in [0, 0.1) is 5.92 Å². The predicted molar refractivity (Wildman–Crippen MR) is 81.6 cm³/mol. The minimum atomic E-state index is -0.669. The van der Waals surface area contributed by atoms with Crippen molar-refractivity contribution in [2.75, 3.05) is 6.54 Å². The number of carboxylic acids is 1. The lowest BCUT2D eigenvalue weighted by Gasteiger charge is -2.27. The number of carboxylic acid groups (broad SMARTS) is 1. The average Bonchev–Trinajstić information content (AvgIpc) is 2.41. The largest absolute Gasteiger partial charge is 0.481 e. The van der Waals surface area contributed by atoms with Gasteiger partial charge in [0.25, 0.3) is 0 Å². The van der Waals surface area contributed by atoms with Crippen LogP contribution in [-0.4, -0.2) is 23.7 Å². The first-order valence-corrected chi connectivity index (χ1v) is 7.72. The fourth-order valence-electron chi connectivity index (χ4n) is 2.73. The van der Waals surface area contributed by atoms with Gasteiger partial charge in [-0.1, -0.05) is 35.7 Å². The van der Waals surface area contributed by atoms with Gasteiger partial charge in [-0.05, 0) is 49.9 Å². The molecule has 0 radical (unpaired) electrons. The maximum atomic E-state index is 11.0. The van der Waals surface area contributed by atoms with Crippen LogP contribution in [0.4, 0.5) is 0 Å². The first kappa shape index (κ1) is 15.6. The molecule has 20 heavy (non-hydrogen) atoms. The molecular weight excluding hydrogens is 297 g/mol. The highest BCUT2D eigenvalue weighted by atomic mass is 35.5. The molecule has 3 nitrogen and oxygen atoms in total. The van der Waals surface area contributed by atoms with E-state index in [1.54, 1.807) is 6.07 Å². The van der Waals surface area contributed by atoms with Crippen LogP contribution in [0.3, 0.4) is 0 Å². The number of nitrogens with one attached hydrogen (secondary N) is 1. The second-order valence-electron chi connectivity index (χ2n) is 5.34. The summed E-state index contributed by atoms with van der Waals surface area (Å²) in [6.45, 7) is 0.804. The van der Waals surface area contributed by atoms with Crippen molar-refractivity contribution < 1.29 is 9.90 Å². The summed E-state index contributed by atoms with van der Waals surface area (Å²) >= 11 is 12.0. The van der Waals surface area contributed by atoms with Crippen LogP contribution >= 0.6 is 23.2 Å². The number of aliphatic carboxylic acids is 1. The van der Waals surface area contributed by atoms with Gasteiger partial charge in [0.05, 0.1) is 5.92 Å². The maximum absolute atomic E-state index is 11.0. The third kappa shape index (κ3) is 4.37. The molecule has 110 valence electrons. The minimum Gasteiger partial charge on any atom is -0.481 e. The zero-order valence-corrected chi connectivity index (χ0v) is 12.8. The molecule has 1 aromatic carbocycles. The molecule has 1 aliphatic carbocycles. The highest BCUT2D eigenvalue weighted by molar-refractivity contribution is 6.35. The highest BCUT2D eigenvalue weighted by Gasteiger charge is 2.26. The van der Waals surface area contributed by atoms with E-state index in [-0.39, 0.29) is 5.92 Å². The van der Waals surface area contributed by atoms with Crippen LogP contribution in [0.1, 0.15) is 31.2 Å². The quantitative estimate of drug-likeness (QED) is 0.869. The Balaban J connectivity index is 1.79. The Morgan fingerprint density at radius 1 is 1.35 bits per heavy atom. The Kier molecular flexibility index (Phi) is 5.70. The number of hydrogen-bond donors (Lipinski definition) is 2. The predicted octanol–water partition coefficient (Wildman–Crippen LogP) is 3.77. The average molecular weight is 316 g/mol. The molecule has 1 aromatic rings. The van der Waals surface area contributed by atoms with Crippen molar-refractivity contribution in [3.8, 4) is 0 Å². The van der Waals surface area contributed by atoms with E-state index in [1.165, 1.54) is 0 Å². The van der Waals surface area contributed by atoms with E-state index in [1.807, 2.05) is 12.1 Å². The number of hydrogen-bond acceptors (Lipinski definition) is 2. The third-order valence-electron chi connectivity index (χ3n) is 3.87. The number of halogens is 2. The minimum absolute atomic E-state index is 0.194. The number of benzene rings is 1. The first-order chi connectivity index (χ1) is 9.56. The van der Waals surface area contributed by atoms with Crippen molar-refractivity contribution in [1.82, 2.24) is 5.32 Å². The summed E-state index contributed by atoms with van der Waals surface area (Å²) in [6.07, 6.45) is 4.39. The zero-order valence-electron chi connectivity index (χ0n) is 11.2. The Hall–Kier alpha value is -0.770. The van der Waals surface area contributed by atoms with Gasteiger partial charge >= 0.3 is 5.97 Å². The summed E-state index contributed by atoms with van der Waals surface area (Å²) in [7, 11) is 0. The van der Waals surface area contributed by atoms with Crippen LogP contribution in [0.15, 0.2) is 18.2 Å². The lowest BCUT2D eigenvalue weighted by Crippen LogP contribution is -2.37. The van der Waals surface area contributed by atoms with Crippen LogP contribution < -0.4 is 5.32 Å². The molecular formula is C15H19Cl2NO2. The van der Waals surface area contributed by atoms with Gasteiger partial charge in [-0.2, -0.15) is 0 Å². The van der Waals surface area contributed by atoms with E-state index >= 15 is 0 Å². The molecule has 0 aromatic heterocycles. The van der Waals surface area contributed by atoms with Crippen LogP contribution in [-0.2, 0) is 11.2 Å². The van der Waals surface area contributed by atoms with Gasteiger partial charge in [-0.15, -0.1) is 0 Å². The van der Waals surface area contributed by atoms with Crippen molar-refractivity contribution in [3.05, 3.63) is 33.8 Å². The Bertz CT molecular complexity index is 479. The van der Waals surface area contributed by atoms with Gasteiger partial charge < -0.3 is 10.4 Å². The van der Waals surface area contributed by atoms with Crippen molar-refractivity contribution in [2.24, 2.45) is 5.92 Å². The Morgan fingerprint density at radius 2 is 2.15 bits per heavy atom. The Labute approximate surface area is 129 Å². The van der Waals surface area contributed by atoms with E-state index in [0.29, 0.717) is 16.1 Å². The van der Waals surface area contributed by atoms with E-state index < -0.39 is 5.97 Å². The summed E-state index contributed by atoms with van der Waals surface area (Å²) in [5.74, 6) is -0.863. The highest BCUT2D eigenvalue weighted by Crippen LogP contribution is 2.25. The van der Waals surface area contributed by atoms with Gasteiger partial charge in [0, 0.05) is 16.1 Å². The van der Waals surface area contributed by atoms with Crippen molar-refractivity contribution in [2.45, 2.75) is 38.1 Å². The van der Waals surface area contributed by atoms with Crippen LogP contribution in [0.2, 0.25) is 10.0 Å². The molecule has 1 saturated carbocycles. The molecule has 0 bridgehead atoms. The molecule has 0 aliphatic heterocycles. The lowest BCUT2D eigenvalue weighted by atomic mass is 9.86. The molecule has 0 saturated heterocycles. The summed E-state index contributed by atoms with van der Waals surface area (Å²) in [5, 5.41) is 13.8. The fraction of sp³-hybridized carbons (Fsp3) is 0.533. The molecule has 1 fully saturated rings. The SMILES string of the molecule is O=C(O)C1CCCC(NCCc2ccc(Cl)cc2Cl)C1.